The maximum Gasteiger partial charge on any atom is 0.0822 e. The number of rotatable bonds is 0. The average Bonchev–Trinajstić information content (AvgIpc) is 1.64. The van der Waals surface area contributed by atoms with Gasteiger partial charge in [-0.3, -0.25) is 0 Å². The van der Waals surface area contributed by atoms with Crippen LogP contribution in [-0.4, -0.2) is 9.75 Å². The van der Waals surface area contributed by atoms with Gasteiger partial charge in [0.2, 0.25) is 0 Å². The van der Waals surface area contributed by atoms with E-state index in [1.54, 1.807) is 0 Å². The van der Waals surface area contributed by atoms with Gasteiger partial charge in [-0.05, 0) is 13.8 Å². The highest BCUT2D eigenvalue weighted by molar-refractivity contribution is 6.38. The zero-order valence-corrected chi connectivity index (χ0v) is 6.42. The predicted molar refractivity (Wildman–Crippen MR) is 37.7 cm³/mol. The molecule has 0 spiro atoms. The summed E-state index contributed by atoms with van der Waals surface area (Å²) in [6.45, 7) is 3.81. The molecule has 0 heterocycles. The fourth-order valence-corrected chi connectivity index (χ4v) is 0.795. The average molecular weight is 151 g/mol. The van der Waals surface area contributed by atoms with E-state index >= 15 is 0 Å². The molecule has 1 aliphatic rings. The molecule has 0 N–H and O–H groups in total. The summed E-state index contributed by atoms with van der Waals surface area (Å²) < 4.78 is 0. The third kappa shape index (κ3) is 0.672. The first-order chi connectivity index (χ1) is 3.46. The van der Waals surface area contributed by atoms with E-state index in [9.17, 15) is 0 Å². The van der Waals surface area contributed by atoms with E-state index in [-0.39, 0.29) is 9.75 Å². The van der Waals surface area contributed by atoms with Gasteiger partial charge in [-0.15, -0.1) is 23.2 Å². The molecular formula is C6H8Cl2. The standard InChI is InChI=1S/C6H8Cl2/c1-5(7)3-4-6(5,2)8/h3-4H,1-2H3/t5-,6-/m0/s1. The summed E-state index contributed by atoms with van der Waals surface area (Å²) in [5, 5.41) is 0. The SMILES string of the molecule is C[C@]1(Cl)C=C[C@]1(C)Cl. The Kier molecular flexibility index (Phi) is 1.15. The molecule has 1 aliphatic carbocycles. The first kappa shape index (κ1) is 6.44. The fourth-order valence-electron chi connectivity index (χ4n) is 0.543. The van der Waals surface area contributed by atoms with Crippen molar-refractivity contribution in [2.75, 3.05) is 0 Å². The van der Waals surface area contributed by atoms with Gasteiger partial charge in [0, 0.05) is 0 Å². The molecular weight excluding hydrogens is 143 g/mol. The van der Waals surface area contributed by atoms with Crippen LogP contribution >= 0.6 is 23.2 Å². The lowest BCUT2D eigenvalue weighted by Gasteiger charge is -2.39. The third-order valence-corrected chi connectivity index (χ3v) is 2.80. The molecule has 0 bridgehead atoms. The second-order valence-electron chi connectivity index (χ2n) is 2.48. The maximum absolute atomic E-state index is 5.88. The smallest absolute Gasteiger partial charge is 0.0822 e. The summed E-state index contributed by atoms with van der Waals surface area (Å²) in [5.74, 6) is 0. The van der Waals surface area contributed by atoms with E-state index in [4.69, 9.17) is 23.2 Å². The number of halogens is 2. The Hall–Kier alpha value is 0.320. The second kappa shape index (κ2) is 1.43. The van der Waals surface area contributed by atoms with Crippen LogP contribution in [0.5, 0.6) is 0 Å². The van der Waals surface area contributed by atoms with Crippen molar-refractivity contribution >= 4 is 23.2 Å². The van der Waals surface area contributed by atoms with Crippen LogP contribution in [-0.2, 0) is 0 Å². The molecule has 0 aromatic heterocycles. The minimum atomic E-state index is -0.325. The number of alkyl halides is 2. The van der Waals surface area contributed by atoms with E-state index in [1.165, 1.54) is 0 Å². The number of hydrogen-bond acceptors (Lipinski definition) is 0. The summed E-state index contributed by atoms with van der Waals surface area (Å²) in [6.07, 6.45) is 3.81. The van der Waals surface area contributed by atoms with Crippen molar-refractivity contribution < 1.29 is 0 Å². The fraction of sp³-hybridized carbons (Fsp3) is 0.667. The summed E-state index contributed by atoms with van der Waals surface area (Å²) in [7, 11) is 0. The molecule has 0 saturated heterocycles. The minimum Gasteiger partial charge on any atom is -0.113 e. The van der Waals surface area contributed by atoms with Crippen LogP contribution in [0.4, 0.5) is 0 Å². The van der Waals surface area contributed by atoms with E-state index in [2.05, 4.69) is 0 Å². The number of allylic oxidation sites excluding steroid dienone is 2. The first-order valence-electron chi connectivity index (χ1n) is 2.54. The normalized spacial score (nSPS) is 53.5. The Balaban J connectivity index is 2.82. The molecule has 0 aromatic rings. The topological polar surface area (TPSA) is 0 Å². The summed E-state index contributed by atoms with van der Waals surface area (Å²) in [5.41, 5.74) is 0. The van der Waals surface area contributed by atoms with Crippen molar-refractivity contribution in [3.05, 3.63) is 12.2 Å². The Morgan fingerprint density at radius 2 is 1.25 bits per heavy atom. The van der Waals surface area contributed by atoms with Crippen LogP contribution in [0.3, 0.4) is 0 Å². The van der Waals surface area contributed by atoms with Gasteiger partial charge < -0.3 is 0 Å². The molecule has 2 atom stereocenters. The molecule has 0 radical (unpaired) electrons. The molecule has 2 heteroatoms. The van der Waals surface area contributed by atoms with Crippen LogP contribution in [0.1, 0.15) is 13.8 Å². The van der Waals surface area contributed by atoms with Crippen molar-refractivity contribution in [2.45, 2.75) is 23.6 Å². The van der Waals surface area contributed by atoms with Gasteiger partial charge in [-0.25, -0.2) is 0 Å². The quantitative estimate of drug-likeness (QED) is 0.368. The third-order valence-electron chi connectivity index (χ3n) is 1.67. The zero-order valence-electron chi connectivity index (χ0n) is 4.91. The van der Waals surface area contributed by atoms with Crippen molar-refractivity contribution in [1.29, 1.82) is 0 Å². The largest absolute Gasteiger partial charge is 0.113 e. The zero-order chi connectivity index (χ0) is 6.41. The Morgan fingerprint density at radius 3 is 1.25 bits per heavy atom. The van der Waals surface area contributed by atoms with Crippen molar-refractivity contribution in [2.24, 2.45) is 0 Å². The van der Waals surface area contributed by atoms with Gasteiger partial charge in [-0.2, -0.15) is 0 Å². The Labute approximate surface area is 59.5 Å². The molecule has 0 unspecified atom stereocenters. The summed E-state index contributed by atoms with van der Waals surface area (Å²) >= 11 is 11.8. The van der Waals surface area contributed by atoms with Gasteiger partial charge in [0.1, 0.15) is 0 Å². The second-order valence-corrected chi connectivity index (χ2v) is 4.05. The van der Waals surface area contributed by atoms with Crippen molar-refractivity contribution in [3.63, 3.8) is 0 Å². The molecule has 0 fully saturated rings. The molecule has 0 saturated carbocycles. The van der Waals surface area contributed by atoms with E-state index in [0.717, 1.165) is 0 Å². The van der Waals surface area contributed by atoms with Gasteiger partial charge in [0.05, 0.1) is 9.75 Å². The highest BCUT2D eigenvalue weighted by Crippen LogP contribution is 2.44. The van der Waals surface area contributed by atoms with Crippen LogP contribution in [0.15, 0.2) is 12.2 Å². The Morgan fingerprint density at radius 1 is 1.00 bits per heavy atom. The summed E-state index contributed by atoms with van der Waals surface area (Å²) in [4.78, 5) is -0.650. The number of hydrogen-bond donors (Lipinski definition) is 0. The van der Waals surface area contributed by atoms with E-state index in [1.807, 2.05) is 26.0 Å². The highest BCUT2D eigenvalue weighted by Gasteiger charge is 2.44. The van der Waals surface area contributed by atoms with E-state index in [0.29, 0.717) is 0 Å². The lowest BCUT2D eigenvalue weighted by atomic mass is 9.83. The molecule has 0 aromatic carbocycles. The molecule has 1 rings (SSSR count). The van der Waals surface area contributed by atoms with Crippen molar-refractivity contribution in [1.82, 2.24) is 0 Å². The van der Waals surface area contributed by atoms with Gasteiger partial charge in [0.15, 0.2) is 0 Å². The van der Waals surface area contributed by atoms with Crippen LogP contribution < -0.4 is 0 Å². The first-order valence-corrected chi connectivity index (χ1v) is 3.29. The highest BCUT2D eigenvalue weighted by atomic mass is 35.5. The molecule has 0 amide bonds. The Bertz CT molecular complexity index is 117. The van der Waals surface area contributed by atoms with Crippen molar-refractivity contribution in [3.8, 4) is 0 Å². The molecule has 46 valence electrons. The molecule has 0 aliphatic heterocycles. The summed E-state index contributed by atoms with van der Waals surface area (Å²) in [6, 6.07) is 0. The lowest BCUT2D eigenvalue weighted by Crippen LogP contribution is -2.44. The van der Waals surface area contributed by atoms with Gasteiger partial charge >= 0.3 is 0 Å². The maximum atomic E-state index is 5.88. The predicted octanol–water partition coefficient (Wildman–Crippen LogP) is 2.55. The van der Waals surface area contributed by atoms with Gasteiger partial charge in [-0.1, -0.05) is 12.2 Å². The minimum absolute atomic E-state index is 0.325. The molecule has 8 heavy (non-hydrogen) atoms. The molecule has 0 nitrogen and oxygen atoms in total. The van der Waals surface area contributed by atoms with E-state index < -0.39 is 0 Å². The lowest BCUT2D eigenvalue weighted by molar-refractivity contribution is 0.576. The van der Waals surface area contributed by atoms with Crippen LogP contribution in [0.25, 0.3) is 0 Å². The van der Waals surface area contributed by atoms with Gasteiger partial charge in [0.25, 0.3) is 0 Å². The van der Waals surface area contributed by atoms with Crippen LogP contribution in [0.2, 0.25) is 0 Å². The monoisotopic (exact) mass is 150 g/mol. The van der Waals surface area contributed by atoms with Crippen LogP contribution in [0, 0.1) is 0 Å².